The highest BCUT2D eigenvalue weighted by atomic mass is 35.5. The van der Waals surface area contributed by atoms with Crippen LogP contribution in [0.1, 0.15) is 34.8 Å². The minimum atomic E-state index is -0.880. The zero-order chi connectivity index (χ0) is 13.4. The Bertz CT molecular complexity index is 624. The van der Waals surface area contributed by atoms with Gasteiger partial charge in [-0.05, 0) is 54.2 Å². The number of aliphatic hydroxyl groups excluding tert-OH is 1. The maximum Gasteiger partial charge on any atom is 0.123 e. The molecule has 0 saturated carbocycles. The maximum absolute atomic E-state index is 13.3. The molecule has 1 unspecified atom stereocenters. The van der Waals surface area contributed by atoms with Crippen LogP contribution in [0.15, 0.2) is 36.4 Å². The summed E-state index contributed by atoms with van der Waals surface area (Å²) in [6, 6.07) is 10.0. The summed E-state index contributed by atoms with van der Waals surface area (Å²) < 4.78 is 13.3. The largest absolute Gasteiger partial charge is 0.384 e. The van der Waals surface area contributed by atoms with E-state index in [1.165, 1.54) is 29.3 Å². The van der Waals surface area contributed by atoms with Gasteiger partial charge in [-0.1, -0.05) is 29.8 Å². The third kappa shape index (κ3) is 2.38. The summed E-state index contributed by atoms with van der Waals surface area (Å²) in [6.45, 7) is 0. The van der Waals surface area contributed by atoms with Crippen LogP contribution in [-0.4, -0.2) is 5.11 Å². The lowest BCUT2D eigenvalue weighted by atomic mass is 9.98. The first kappa shape index (κ1) is 12.6. The second kappa shape index (κ2) is 4.95. The number of benzene rings is 2. The lowest BCUT2D eigenvalue weighted by molar-refractivity contribution is 0.220. The lowest BCUT2D eigenvalue weighted by Gasteiger charge is -2.14. The van der Waals surface area contributed by atoms with Crippen LogP contribution < -0.4 is 0 Å². The van der Waals surface area contributed by atoms with Crippen LogP contribution in [0, 0.1) is 5.82 Å². The molecule has 1 atom stereocenters. The molecule has 19 heavy (non-hydrogen) atoms. The van der Waals surface area contributed by atoms with Gasteiger partial charge in [-0.2, -0.15) is 0 Å². The van der Waals surface area contributed by atoms with Gasteiger partial charge < -0.3 is 5.11 Å². The molecule has 0 aromatic heterocycles. The molecule has 0 fully saturated rings. The van der Waals surface area contributed by atoms with E-state index in [0.29, 0.717) is 10.6 Å². The van der Waals surface area contributed by atoms with E-state index in [4.69, 9.17) is 11.6 Å². The molecular weight excluding hydrogens is 263 g/mol. The molecule has 1 N–H and O–H groups in total. The molecule has 0 aliphatic heterocycles. The lowest BCUT2D eigenvalue weighted by Crippen LogP contribution is -2.02. The minimum Gasteiger partial charge on any atom is -0.384 e. The SMILES string of the molecule is OC(c1ccc2c(c1)CCC2)c1cc(F)ccc1Cl. The van der Waals surface area contributed by atoms with Gasteiger partial charge in [0, 0.05) is 10.6 Å². The molecule has 1 aliphatic carbocycles. The van der Waals surface area contributed by atoms with Gasteiger partial charge in [0.25, 0.3) is 0 Å². The number of rotatable bonds is 2. The standard InChI is InChI=1S/C16H14ClFO/c17-15-7-6-13(18)9-14(15)16(19)12-5-4-10-2-1-3-11(10)8-12/h4-9,16,19H,1-3H2. The summed E-state index contributed by atoms with van der Waals surface area (Å²) >= 11 is 6.03. The molecule has 1 nitrogen and oxygen atoms in total. The molecule has 3 rings (SSSR count). The Kier molecular flexibility index (Phi) is 3.29. The fourth-order valence-corrected chi connectivity index (χ4v) is 2.89. The smallest absolute Gasteiger partial charge is 0.123 e. The van der Waals surface area contributed by atoms with Crippen molar-refractivity contribution in [3.8, 4) is 0 Å². The van der Waals surface area contributed by atoms with E-state index in [-0.39, 0.29) is 5.82 Å². The van der Waals surface area contributed by atoms with E-state index < -0.39 is 6.10 Å². The molecule has 0 saturated heterocycles. The monoisotopic (exact) mass is 276 g/mol. The van der Waals surface area contributed by atoms with Crippen molar-refractivity contribution in [1.82, 2.24) is 0 Å². The molecule has 0 spiro atoms. The molecule has 0 amide bonds. The highest BCUT2D eigenvalue weighted by molar-refractivity contribution is 6.31. The normalized spacial score (nSPS) is 15.3. The summed E-state index contributed by atoms with van der Waals surface area (Å²) in [4.78, 5) is 0. The first-order valence-electron chi connectivity index (χ1n) is 6.40. The van der Waals surface area contributed by atoms with Gasteiger partial charge >= 0.3 is 0 Å². The van der Waals surface area contributed by atoms with Crippen LogP contribution in [0.5, 0.6) is 0 Å². The second-order valence-corrected chi connectivity index (χ2v) is 5.36. The van der Waals surface area contributed by atoms with Gasteiger partial charge in [-0.15, -0.1) is 0 Å². The van der Waals surface area contributed by atoms with Gasteiger partial charge in [0.2, 0.25) is 0 Å². The molecule has 0 heterocycles. The number of hydrogen-bond donors (Lipinski definition) is 1. The number of fused-ring (bicyclic) bond motifs is 1. The Morgan fingerprint density at radius 2 is 1.84 bits per heavy atom. The molecule has 0 radical (unpaired) electrons. The average molecular weight is 277 g/mol. The van der Waals surface area contributed by atoms with Crippen molar-refractivity contribution < 1.29 is 9.50 Å². The van der Waals surface area contributed by atoms with Crippen molar-refractivity contribution in [3.63, 3.8) is 0 Å². The van der Waals surface area contributed by atoms with Crippen molar-refractivity contribution in [2.24, 2.45) is 0 Å². The van der Waals surface area contributed by atoms with E-state index in [1.807, 2.05) is 18.2 Å². The zero-order valence-electron chi connectivity index (χ0n) is 10.4. The number of hydrogen-bond acceptors (Lipinski definition) is 1. The zero-order valence-corrected chi connectivity index (χ0v) is 11.1. The third-order valence-electron chi connectivity index (χ3n) is 3.69. The van der Waals surface area contributed by atoms with E-state index in [1.54, 1.807) is 0 Å². The highest BCUT2D eigenvalue weighted by Crippen LogP contribution is 2.31. The Balaban J connectivity index is 1.99. The first-order valence-corrected chi connectivity index (χ1v) is 6.77. The Morgan fingerprint density at radius 1 is 1.05 bits per heavy atom. The van der Waals surface area contributed by atoms with Crippen molar-refractivity contribution in [2.75, 3.05) is 0 Å². The van der Waals surface area contributed by atoms with Gasteiger partial charge in [0.15, 0.2) is 0 Å². The molecule has 1 aliphatic rings. The molecule has 3 heteroatoms. The second-order valence-electron chi connectivity index (χ2n) is 4.95. The van der Waals surface area contributed by atoms with E-state index in [0.717, 1.165) is 24.8 Å². The topological polar surface area (TPSA) is 20.2 Å². The van der Waals surface area contributed by atoms with Crippen LogP contribution in [0.2, 0.25) is 5.02 Å². The minimum absolute atomic E-state index is 0.384. The number of halogens is 2. The fraction of sp³-hybridized carbons (Fsp3) is 0.250. The molecule has 2 aromatic rings. The predicted octanol–water partition coefficient (Wildman–Crippen LogP) is 4.05. The maximum atomic E-state index is 13.3. The van der Waals surface area contributed by atoms with E-state index in [9.17, 15) is 9.50 Å². The molecular formula is C16H14ClFO. The number of aryl methyl sites for hydroxylation is 2. The fourth-order valence-electron chi connectivity index (χ4n) is 2.67. The number of aliphatic hydroxyl groups is 1. The van der Waals surface area contributed by atoms with Crippen LogP contribution in [0.4, 0.5) is 4.39 Å². The predicted molar refractivity (Wildman–Crippen MR) is 73.9 cm³/mol. The summed E-state index contributed by atoms with van der Waals surface area (Å²) in [7, 11) is 0. The highest BCUT2D eigenvalue weighted by Gasteiger charge is 2.18. The third-order valence-corrected chi connectivity index (χ3v) is 4.04. The summed E-state index contributed by atoms with van der Waals surface area (Å²) in [5.74, 6) is -0.389. The molecule has 0 bridgehead atoms. The summed E-state index contributed by atoms with van der Waals surface area (Å²) in [6.07, 6.45) is 2.43. The quantitative estimate of drug-likeness (QED) is 0.877. The Morgan fingerprint density at radius 3 is 2.68 bits per heavy atom. The summed E-state index contributed by atoms with van der Waals surface area (Å²) in [5, 5.41) is 10.8. The van der Waals surface area contributed by atoms with Crippen LogP contribution in [-0.2, 0) is 12.8 Å². The summed E-state index contributed by atoms with van der Waals surface area (Å²) in [5.41, 5.74) is 3.82. The van der Waals surface area contributed by atoms with E-state index in [2.05, 4.69) is 0 Å². The van der Waals surface area contributed by atoms with Crippen molar-refractivity contribution >= 4 is 11.6 Å². The molecule has 98 valence electrons. The van der Waals surface area contributed by atoms with Gasteiger partial charge in [-0.3, -0.25) is 0 Å². The van der Waals surface area contributed by atoms with Crippen molar-refractivity contribution in [1.29, 1.82) is 0 Å². The van der Waals surface area contributed by atoms with Gasteiger partial charge in [0.05, 0.1) is 0 Å². The van der Waals surface area contributed by atoms with E-state index >= 15 is 0 Å². The van der Waals surface area contributed by atoms with Crippen LogP contribution >= 0.6 is 11.6 Å². The Labute approximate surface area is 116 Å². The first-order chi connectivity index (χ1) is 9.15. The van der Waals surface area contributed by atoms with Gasteiger partial charge in [0.1, 0.15) is 11.9 Å². The van der Waals surface area contributed by atoms with Crippen molar-refractivity contribution in [2.45, 2.75) is 25.4 Å². The van der Waals surface area contributed by atoms with Crippen LogP contribution in [0.25, 0.3) is 0 Å². The van der Waals surface area contributed by atoms with Crippen molar-refractivity contribution in [3.05, 3.63) is 69.5 Å². The van der Waals surface area contributed by atoms with Gasteiger partial charge in [-0.25, -0.2) is 4.39 Å². The van der Waals surface area contributed by atoms with Crippen LogP contribution in [0.3, 0.4) is 0 Å². The average Bonchev–Trinajstić information content (AvgIpc) is 2.88. The Hall–Kier alpha value is -1.38. The molecule has 2 aromatic carbocycles.